The molecule has 0 spiro atoms. The van der Waals surface area contributed by atoms with Gasteiger partial charge in [0.05, 0.1) is 27.5 Å². The number of fused-ring (bicyclic) bond motifs is 1. The van der Waals surface area contributed by atoms with E-state index in [2.05, 4.69) is 10.3 Å². The zero-order valence-corrected chi connectivity index (χ0v) is 16.9. The number of hydrogen-bond donors (Lipinski definition) is 1. The Bertz CT molecular complexity index is 1050. The van der Waals surface area contributed by atoms with Crippen LogP contribution in [0.1, 0.15) is 15.9 Å². The van der Waals surface area contributed by atoms with Gasteiger partial charge in [-0.1, -0.05) is 17.7 Å². The van der Waals surface area contributed by atoms with E-state index < -0.39 is 0 Å². The van der Waals surface area contributed by atoms with Crippen LogP contribution in [-0.4, -0.2) is 40.4 Å². The highest BCUT2D eigenvalue weighted by atomic mass is 35.5. The summed E-state index contributed by atoms with van der Waals surface area (Å²) < 4.78 is 14.0. The molecule has 2 aromatic carbocycles. The molecule has 144 valence electrons. The van der Waals surface area contributed by atoms with Crippen LogP contribution in [0.15, 0.2) is 42.6 Å². The normalized spacial score (nSPS) is 14.3. The molecule has 1 saturated heterocycles. The number of halogens is 2. The second kappa shape index (κ2) is 7.97. The van der Waals surface area contributed by atoms with Crippen LogP contribution in [-0.2, 0) is 0 Å². The van der Waals surface area contributed by atoms with Gasteiger partial charge in [-0.05, 0) is 42.8 Å². The fourth-order valence-corrected chi connectivity index (χ4v) is 4.44. The average Bonchev–Trinajstić information content (AvgIpc) is 2.70. The number of thioether (sulfide) groups is 1. The van der Waals surface area contributed by atoms with Gasteiger partial charge in [-0.15, -0.1) is 0 Å². The molecule has 7 heteroatoms. The smallest absolute Gasteiger partial charge is 0.257 e. The maximum absolute atomic E-state index is 14.0. The van der Waals surface area contributed by atoms with Gasteiger partial charge in [0.25, 0.3) is 5.91 Å². The Kier molecular flexibility index (Phi) is 5.42. The Morgan fingerprint density at radius 1 is 1.21 bits per heavy atom. The van der Waals surface area contributed by atoms with Crippen LogP contribution in [0.5, 0.6) is 0 Å². The molecule has 1 aliphatic rings. The highest BCUT2D eigenvalue weighted by Gasteiger charge is 2.23. The van der Waals surface area contributed by atoms with Crippen molar-refractivity contribution < 1.29 is 9.18 Å². The molecule has 0 unspecified atom stereocenters. The lowest BCUT2D eigenvalue weighted by Gasteiger charge is -2.27. The Balaban J connectivity index is 1.84. The van der Waals surface area contributed by atoms with E-state index in [1.807, 2.05) is 41.8 Å². The molecule has 0 bridgehead atoms. The van der Waals surface area contributed by atoms with Crippen LogP contribution in [0.3, 0.4) is 0 Å². The van der Waals surface area contributed by atoms with Crippen molar-refractivity contribution in [3.8, 4) is 0 Å². The van der Waals surface area contributed by atoms with Gasteiger partial charge >= 0.3 is 0 Å². The van der Waals surface area contributed by atoms with Crippen LogP contribution in [0.2, 0.25) is 5.02 Å². The minimum atomic E-state index is -0.383. The first kappa shape index (κ1) is 19.0. The van der Waals surface area contributed by atoms with Gasteiger partial charge in [0.2, 0.25) is 0 Å². The lowest BCUT2D eigenvalue weighted by Crippen LogP contribution is -2.38. The number of aryl methyl sites for hydroxylation is 1. The maximum Gasteiger partial charge on any atom is 0.257 e. The number of nitrogens with one attached hydrogen (secondary N) is 1. The summed E-state index contributed by atoms with van der Waals surface area (Å²) in [6, 6.07) is 10.0. The van der Waals surface area contributed by atoms with Crippen LogP contribution in [0, 0.1) is 12.7 Å². The van der Waals surface area contributed by atoms with E-state index in [9.17, 15) is 9.18 Å². The number of carbonyl (C=O) groups is 1. The minimum Gasteiger partial charge on any atom is -0.353 e. The summed E-state index contributed by atoms with van der Waals surface area (Å²) in [5.41, 5.74) is 3.24. The van der Waals surface area contributed by atoms with E-state index in [0.717, 1.165) is 17.1 Å². The second-order valence-electron chi connectivity index (χ2n) is 6.72. The van der Waals surface area contributed by atoms with Crippen LogP contribution in [0.25, 0.3) is 10.9 Å². The zero-order valence-electron chi connectivity index (χ0n) is 15.3. The lowest BCUT2D eigenvalue weighted by atomic mass is 10.1. The quantitative estimate of drug-likeness (QED) is 0.633. The summed E-state index contributed by atoms with van der Waals surface area (Å²) in [6.07, 6.45) is 1.56. The molecule has 3 aromatic rings. The number of nitrogens with zero attached hydrogens (tertiary/aromatic N) is 2. The summed E-state index contributed by atoms with van der Waals surface area (Å²) in [5.74, 6) is 1.33. The van der Waals surface area contributed by atoms with E-state index in [4.69, 9.17) is 11.6 Å². The predicted molar refractivity (Wildman–Crippen MR) is 114 cm³/mol. The number of pyridine rings is 1. The Morgan fingerprint density at radius 2 is 2.00 bits per heavy atom. The molecule has 1 aliphatic heterocycles. The molecule has 2 heterocycles. The van der Waals surface area contributed by atoms with Crippen molar-refractivity contribution in [1.82, 2.24) is 9.88 Å². The Hall–Kier alpha value is -2.31. The molecule has 1 N–H and O–H groups in total. The van der Waals surface area contributed by atoms with Gasteiger partial charge in [0, 0.05) is 36.2 Å². The van der Waals surface area contributed by atoms with Crippen molar-refractivity contribution in [3.63, 3.8) is 0 Å². The SMILES string of the molecule is Cc1ccc(Nc2c(C(=O)N3CCSCC3)cnc3ccc(F)cc23)c(Cl)c1. The van der Waals surface area contributed by atoms with E-state index in [1.165, 1.54) is 12.1 Å². The molecular weight excluding hydrogens is 397 g/mol. The maximum atomic E-state index is 14.0. The molecule has 4 nitrogen and oxygen atoms in total. The van der Waals surface area contributed by atoms with Crippen LogP contribution >= 0.6 is 23.4 Å². The molecule has 0 atom stereocenters. The fraction of sp³-hybridized carbons (Fsp3) is 0.238. The van der Waals surface area contributed by atoms with E-state index in [1.54, 1.807) is 12.3 Å². The van der Waals surface area contributed by atoms with Crippen LogP contribution < -0.4 is 5.32 Å². The molecule has 0 saturated carbocycles. The summed E-state index contributed by atoms with van der Waals surface area (Å²) in [5, 5.41) is 4.35. The Labute approximate surface area is 172 Å². The number of benzene rings is 2. The van der Waals surface area contributed by atoms with Gasteiger partial charge in [-0.2, -0.15) is 11.8 Å². The minimum absolute atomic E-state index is 0.107. The highest BCUT2D eigenvalue weighted by Crippen LogP contribution is 2.34. The molecule has 1 fully saturated rings. The molecule has 0 radical (unpaired) electrons. The first-order valence-electron chi connectivity index (χ1n) is 9.01. The fourth-order valence-electron chi connectivity index (χ4n) is 3.25. The third-order valence-corrected chi connectivity index (χ3v) is 6.00. The van der Waals surface area contributed by atoms with Gasteiger partial charge in [-0.3, -0.25) is 9.78 Å². The molecule has 0 aliphatic carbocycles. The topological polar surface area (TPSA) is 45.2 Å². The second-order valence-corrected chi connectivity index (χ2v) is 8.35. The first-order chi connectivity index (χ1) is 13.5. The number of hydrogen-bond acceptors (Lipinski definition) is 4. The van der Waals surface area contributed by atoms with E-state index >= 15 is 0 Å². The van der Waals surface area contributed by atoms with E-state index in [0.29, 0.717) is 46.0 Å². The summed E-state index contributed by atoms with van der Waals surface area (Å²) in [7, 11) is 0. The average molecular weight is 416 g/mol. The molecule has 4 rings (SSSR count). The summed E-state index contributed by atoms with van der Waals surface area (Å²) in [4.78, 5) is 19.4. The lowest BCUT2D eigenvalue weighted by molar-refractivity contribution is 0.0773. The predicted octanol–water partition coefficient (Wildman–Crippen LogP) is 5.27. The van der Waals surface area contributed by atoms with Crippen molar-refractivity contribution in [2.45, 2.75) is 6.92 Å². The van der Waals surface area contributed by atoms with Gasteiger partial charge in [0.15, 0.2) is 0 Å². The number of aromatic nitrogens is 1. The molecule has 1 aromatic heterocycles. The van der Waals surface area contributed by atoms with Gasteiger partial charge < -0.3 is 10.2 Å². The largest absolute Gasteiger partial charge is 0.353 e. The highest BCUT2D eigenvalue weighted by molar-refractivity contribution is 7.99. The van der Waals surface area contributed by atoms with Crippen molar-refractivity contribution in [2.75, 3.05) is 29.9 Å². The van der Waals surface area contributed by atoms with Crippen molar-refractivity contribution in [3.05, 3.63) is 64.6 Å². The third kappa shape index (κ3) is 3.80. The molecule has 28 heavy (non-hydrogen) atoms. The third-order valence-electron chi connectivity index (χ3n) is 4.74. The monoisotopic (exact) mass is 415 g/mol. The molecular formula is C21H19ClFN3OS. The van der Waals surface area contributed by atoms with Crippen molar-refractivity contribution in [1.29, 1.82) is 0 Å². The van der Waals surface area contributed by atoms with Crippen molar-refractivity contribution in [2.24, 2.45) is 0 Å². The van der Waals surface area contributed by atoms with Crippen molar-refractivity contribution >= 4 is 51.5 Å². The van der Waals surface area contributed by atoms with E-state index in [-0.39, 0.29) is 11.7 Å². The Morgan fingerprint density at radius 3 is 2.75 bits per heavy atom. The van der Waals surface area contributed by atoms with Gasteiger partial charge in [0.1, 0.15) is 5.82 Å². The first-order valence-corrected chi connectivity index (χ1v) is 10.5. The number of rotatable bonds is 3. The van der Waals surface area contributed by atoms with Crippen LogP contribution in [0.4, 0.5) is 15.8 Å². The number of carbonyl (C=O) groups excluding carboxylic acids is 1. The summed E-state index contributed by atoms with van der Waals surface area (Å²) >= 11 is 8.23. The molecule has 1 amide bonds. The number of anilines is 2. The standard InChI is InChI=1S/C21H19ClFN3OS/c1-13-2-4-19(17(22)10-13)25-20-15-11-14(23)3-5-18(15)24-12-16(20)21(27)26-6-8-28-9-7-26/h2-5,10-12H,6-9H2,1H3,(H,24,25). The summed E-state index contributed by atoms with van der Waals surface area (Å²) in [6.45, 7) is 3.33. The van der Waals surface area contributed by atoms with Gasteiger partial charge in [-0.25, -0.2) is 4.39 Å². The zero-order chi connectivity index (χ0) is 19.7. The number of amides is 1.